The van der Waals surface area contributed by atoms with Crippen LogP contribution in [-0.4, -0.2) is 22.2 Å². The van der Waals surface area contributed by atoms with E-state index in [1.165, 1.54) is 0 Å². The first-order valence-electron chi connectivity index (χ1n) is 5.77. The van der Waals surface area contributed by atoms with Gasteiger partial charge >= 0.3 is 12.1 Å². The third-order valence-corrected chi connectivity index (χ3v) is 2.45. The van der Waals surface area contributed by atoms with E-state index < -0.39 is 12.1 Å². The maximum absolute atomic E-state index is 11.4. The SMILES string of the molecule is O=C(NCc1ocnc1C(=O)O)OCc1ccccc1. The smallest absolute Gasteiger partial charge is 0.407 e. The fraction of sp³-hybridized carbons (Fsp3) is 0.154. The maximum Gasteiger partial charge on any atom is 0.407 e. The van der Waals surface area contributed by atoms with Gasteiger partial charge in [-0.25, -0.2) is 14.6 Å². The number of amides is 1. The molecule has 1 amide bonds. The Hall–Kier alpha value is -2.83. The Morgan fingerprint density at radius 2 is 2.05 bits per heavy atom. The minimum atomic E-state index is -1.21. The van der Waals surface area contributed by atoms with Crippen LogP contribution >= 0.6 is 0 Å². The summed E-state index contributed by atoms with van der Waals surface area (Å²) in [5.41, 5.74) is 0.627. The highest BCUT2D eigenvalue weighted by Gasteiger charge is 2.16. The van der Waals surface area contributed by atoms with E-state index in [1.807, 2.05) is 30.3 Å². The monoisotopic (exact) mass is 276 g/mol. The second-order valence-electron chi connectivity index (χ2n) is 3.84. The van der Waals surface area contributed by atoms with E-state index in [1.54, 1.807) is 0 Å². The summed E-state index contributed by atoms with van der Waals surface area (Å²) in [5.74, 6) is -1.15. The van der Waals surface area contributed by atoms with Crippen LogP contribution in [-0.2, 0) is 17.9 Å². The Kier molecular flexibility index (Phi) is 4.33. The number of benzene rings is 1. The molecule has 0 fully saturated rings. The standard InChI is InChI=1S/C13H12N2O5/c16-12(17)11-10(20-8-15-11)6-14-13(18)19-7-9-4-2-1-3-5-9/h1-5,8H,6-7H2,(H,14,18)(H,16,17). The average Bonchev–Trinajstić information content (AvgIpc) is 2.92. The van der Waals surface area contributed by atoms with Crippen molar-refractivity contribution in [3.05, 3.63) is 53.7 Å². The third-order valence-electron chi connectivity index (χ3n) is 2.45. The van der Waals surface area contributed by atoms with Crippen LogP contribution in [0, 0.1) is 0 Å². The van der Waals surface area contributed by atoms with Gasteiger partial charge in [-0.1, -0.05) is 30.3 Å². The van der Waals surface area contributed by atoms with Gasteiger partial charge in [-0.3, -0.25) is 0 Å². The first kappa shape index (κ1) is 13.6. The molecule has 7 heteroatoms. The molecule has 7 nitrogen and oxygen atoms in total. The van der Waals surface area contributed by atoms with Gasteiger partial charge in [0.1, 0.15) is 6.61 Å². The Bertz CT molecular complexity index is 594. The van der Waals surface area contributed by atoms with E-state index in [2.05, 4.69) is 10.3 Å². The van der Waals surface area contributed by atoms with Crippen LogP contribution in [0.3, 0.4) is 0 Å². The first-order chi connectivity index (χ1) is 9.66. The number of carboxylic acid groups (broad SMARTS) is 1. The van der Waals surface area contributed by atoms with Gasteiger partial charge < -0.3 is 19.6 Å². The molecule has 0 bridgehead atoms. The van der Waals surface area contributed by atoms with Gasteiger partial charge in [0.25, 0.3) is 0 Å². The minimum Gasteiger partial charge on any atom is -0.476 e. The molecule has 104 valence electrons. The molecule has 0 aliphatic carbocycles. The molecule has 2 aromatic rings. The molecule has 1 aromatic carbocycles. The Labute approximate surface area is 114 Å². The summed E-state index contributed by atoms with van der Waals surface area (Å²) in [7, 11) is 0. The number of hydrogen-bond acceptors (Lipinski definition) is 5. The number of nitrogens with zero attached hydrogens (tertiary/aromatic N) is 1. The lowest BCUT2D eigenvalue weighted by molar-refractivity contribution is 0.0688. The predicted octanol–water partition coefficient (Wildman–Crippen LogP) is 1.80. The topological polar surface area (TPSA) is 102 Å². The van der Waals surface area contributed by atoms with Gasteiger partial charge in [0.2, 0.25) is 0 Å². The van der Waals surface area contributed by atoms with Crippen LogP contribution in [0.15, 0.2) is 41.1 Å². The summed E-state index contributed by atoms with van der Waals surface area (Å²) in [5, 5.41) is 11.2. The quantitative estimate of drug-likeness (QED) is 0.863. The number of aromatic nitrogens is 1. The second kappa shape index (κ2) is 6.37. The molecule has 2 N–H and O–H groups in total. The van der Waals surface area contributed by atoms with Crippen LogP contribution < -0.4 is 5.32 Å². The summed E-state index contributed by atoms with van der Waals surface area (Å²) >= 11 is 0. The molecule has 0 radical (unpaired) electrons. The maximum atomic E-state index is 11.4. The van der Waals surface area contributed by atoms with Crippen molar-refractivity contribution in [3.63, 3.8) is 0 Å². The Morgan fingerprint density at radius 3 is 2.75 bits per heavy atom. The lowest BCUT2D eigenvalue weighted by Gasteiger charge is -2.06. The molecule has 20 heavy (non-hydrogen) atoms. The molecule has 0 saturated heterocycles. The van der Waals surface area contributed by atoms with E-state index in [-0.39, 0.29) is 24.6 Å². The zero-order chi connectivity index (χ0) is 14.4. The van der Waals surface area contributed by atoms with Gasteiger partial charge in [0.15, 0.2) is 17.8 Å². The van der Waals surface area contributed by atoms with Crippen molar-refractivity contribution in [1.29, 1.82) is 0 Å². The van der Waals surface area contributed by atoms with Crippen LogP contribution in [0.25, 0.3) is 0 Å². The molecular weight excluding hydrogens is 264 g/mol. The zero-order valence-electron chi connectivity index (χ0n) is 10.4. The van der Waals surface area contributed by atoms with Crippen molar-refractivity contribution in [2.45, 2.75) is 13.2 Å². The molecule has 0 unspecified atom stereocenters. The van der Waals surface area contributed by atoms with Crippen molar-refractivity contribution >= 4 is 12.1 Å². The number of carbonyl (C=O) groups is 2. The van der Waals surface area contributed by atoms with Crippen molar-refractivity contribution in [2.75, 3.05) is 0 Å². The van der Waals surface area contributed by atoms with Crippen molar-refractivity contribution in [1.82, 2.24) is 10.3 Å². The second-order valence-corrected chi connectivity index (χ2v) is 3.84. The first-order valence-corrected chi connectivity index (χ1v) is 5.77. The third kappa shape index (κ3) is 3.58. The van der Waals surface area contributed by atoms with Crippen LogP contribution in [0.5, 0.6) is 0 Å². The van der Waals surface area contributed by atoms with E-state index in [0.29, 0.717) is 0 Å². The average molecular weight is 276 g/mol. The van der Waals surface area contributed by atoms with Crippen molar-refractivity contribution in [3.8, 4) is 0 Å². The fourth-order valence-electron chi connectivity index (χ4n) is 1.50. The van der Waals surface area contributed by atoms with Crippen molar-refractivity contribution < 1.29 is 23.8 Å². The molecule has 0 saturated carbocycles. The Morgan fingerprint density at radius 1 is 1.30 bits per heavy atom. The molecule has 0 spiro atoms. The van der Waals surface area contributed by atoms with Gasteiger partial charge in [-0.15, -0.1) is 0 Å². The number of rotatable bonds is 5. The Balaban J connectivity index is 1.80. The molecule has 0 aliphatic rings. The van der Waals surface area contributed by atoms with Crippen LogP contribution in [0.2, 0.25) is 0 Å². The number of aromatic carboxylic acids is 1. The van der Waals surface area contributed by atoms with E-state index >= 15 is 0 Å². The summed E-state index contributed by atoms with van der Waals surface area (Å²) in [4.78, 5) is 25.8. The highest BCUT2D eigenvalue weighted by atomic mass is 16.5. The molecule has 1 heterocycles. The van der Waals surface area contributed by atoms with Gasteiger partial charge in [0, 0.05) is 0 Å². The highest BCUT2D eigenvalue weighted by molar-refractivity contribution is 5.86. The normalized spacial score (nSPS) is 10.0. The minimum absolute atomic E-state index is 0.0640. The van der Waals surface area contributed by atoms with Crippen LogP contribution in [0.1, 0.15) is 21.8 Å². The van der Waals surface area contributed by atoms with Crippen molar-refractivity contribution in [2.24, 2.45) is 0 Å². The zero-order valence-corrected chi connectivity index (χ0v) is 10.4. The highest BCUT2D eigenvalue weighted by Crippen LogP contribution is 2.06. The van der Waals surface area contributed by atoms with Crippen LogP contribution in [0.4, 0.5) is 4.79 Å². The molecule has 2 rings (SSSR count). The molecule has 1 aromatic heterocycles. The number of hydrogen-bond donors (Lipinski definition) is 2. The van der Waals surface area contributed by atoms with Gasteiger partial charge in [-0.05, 0) is 5.56 Å². The van der Waals surface area contributed by atoms with Gasteiger partial charge in [-0.2, -0.15) is 0 Å². The lowest BCUT2D eigenvalue weighted by atomic mass is 10.2. The number of carbonyl (C=O) groups excluding carboxylic acids is 1. The summed E-state index contributed by atoms with van der Waals surface area (Å²) in [6.07, 6.45) is 0.344. The number of oxazole rings is 1. The number of nitrogens with one attached hydrogen (secondary N) is 1. The molecule has 0 atom stereocenters. The number of carboxylic acids is 1. The summed E-state index contributed by atoms with van der Waals surface area (Å²) in [6, 6.07) is 9.19. The number of alkyl carbamates (subject to hydrolysis) is 1. The number of ether oxygens (including phenoxy) is 1. The summed E-state index contributed by atoms with van der Waals surface area (Å²) < 4.78 is 9.84. The van der Waals surface area contributed by atoms with E-state index in [4.69, 9.17) is 14.3 Å². The molecule has 0 aliphatic heterocycles. The predicted molar refractivity (Wildman–Crippen MR) is 66.9 cm³/mol. The lowest BCUT2D eigenvalue weighted by Crippen LogP contribution is -2.24. The largest absolute Gasteiger partial charge is 0.476 e. The van der Waals surface area contributed by atoms with Gasteiger partial charge in [0.05, 0.1) is 6.54 Å². The molecular formula is C13H12N2O5. The fourth-order valence-corrected chi connectivity index (χ4v) is 1.50. The summed E-state index contributed by atoms with van der Waals surface area (Å²) in [6.45, 7) is 0.0319. The van der Waals surface area contributed by atoms with E-state index in [0.717, 1.165) is 12.0 Å². The van der Waals surface area contributed by atoms with E-state index in [9.17, 15) is 9.59 Å².